The molecule has 0 radical (unpaired) electrons. The predicted molar refractivity (Wildman–Crippen MR) is 109 cm³/mol. The van der Waals surface area contributed by atoms with Crippen molar-refractivity contribution in [1.82, 2.24) is 0 Å². The summed E-state index contributed by atoms with van der Waals surface area (Å²) in [5.41, 5.74) is 4.10. The Morgan fingerprint density at radius 3 is 2.16 bits per heavy atom. The lowest BCUT2D eigenvalue weighted by Gasteiger charge is -2.35. The number of rotatable bonds is 1. The van der Waals surface area contributed by atoms with E-state index in [-0.39, 0.29) is 0 Å². The van der Waals surface area contributed by atoms with Crippen LogP contribution in [0.15, 0.2) is 24.3 Å². The summed E-state index contributed by atoms with van der Waals surface area (Å²) < 4.78 is 5.31. The molecular weight excluding hydrogens is 304 g/mol. The topological polar surface area (TPSA) is 9.23 Å². The minimum atomic E-state index is 0.413. The third-order valence-corrected chi connectivity index (χ3v) is 5.66. The zero-order valence-corrected chi connectivity index (χ0v) is 17.5. The molecule has 142 valence electrons. The molecule has 0 aromatic heterocycles. The maximum absolute atomic E-state index is 5.31. The van der Waals surface area contributed by atoms with E-state index in [0.717, 1.165) is 25.0 Å². The van der Waals surface area contributed by atoms with Gasteiger partial charge < -0.3 is 4.74 Å². The van der Waals surface area contributed by atoms with Gasteiger partial charge in [0.05, 0.1) is 0 Å². The molecule has 0 saturated carbocycles. The maximum atomic E-state index is 5.31. The normalized spacial score (nSPS) is 21.9. The first-order valence-electron chi connectivity index (χ1n) is 10.3. The Labute approximate surface area is 156 Å². The molecule has 1 unspecified atom stereocenters. The van der Waals surface area contributed by atoms with Crippen molar-refractivity contribution < 1.29 is 4.74 Å². The van der Waals surface area contributed by atoms with Crippen LogP contribution in [0.25, 0.3) is 0 Å². The molecule has 1 aromatic carbocycles. The zero-order chi connectivity index (χ0) is 18.5. The van der Waals surface area contributed by atoms with Gasteiger partial charge in [0.15, 0.2) is 0 Å². The second-order valence-electron chi connectivity index (χ2n) is 10.3. The highest BCUT2D eigenvalue weighted by atomic mass is 16.5. The van der Waals surface area contributed by atoms with Crippen LogP contribution in [0.5, 0.6) is 0 Å². The number of benzene rings is 1. The molecule has 0 spiro atoms. The van der Waals surface area contributed by atoms with E-state index in [9.17, 15) is 0 Å². The molecule has 0 bridgehead atoms. The average molecular weight is 345 g/mol. The van der Waals surface area contributed by atoms with Crippen molar-refractivity contribution in [2.45, 2.75) is 86.0 Å². The molecule has 1 aliphatic heterocycles. The Bertz CT molecular complexity index is 512. The van der Waals surface area contributed by atoms with Crippen LogP contribution in [0.4, 0.5) is 0 Å². The van der Waals surface area contributed by atoms with E-state index in [0.29, 0.717) is 10.8 Å². The molecule has 25 heavy (non-hydrogen) atoms. The average Bonchev–Trinajstić information content (AvgIpc) is 2.53. The molecule has 1 fully saturated rings. The van der Waals surface area contributed by atoms with Crippen LogP contribution in [0, 0.1) is 16.7 Å². The molecule has 1 heteroatoms. The predicted octanol–water partition coefficient (Wildman–Crippen LogP) is 7.00. The van der Waals surface area contributed by atoms with Crippen LogP contribution < -0.4 is 0 Å². The Morgan fingerprint density at radius 2 is 1.56 bits per heavy atom. The number of fused-ring (bicyclic) bond motifs is 1. The molecule has 3 rings (SSSR count). The van der Waals surface area contributed by atoms with Crippen molar-refractivity contribution in [2.75, 3.05) is 13.2 Å². The maximum Gasteiger partial charge on any atom is 0.0468 e. The van der Waals surface area contributed by atoms with Gasteiger partial charge in [-0.25, -0.2) is 0 Å². The summed E-state index contributed by atoms with van der Waals surface area (Å²) in [6.45, 7) is 16.0. The third-order valence-electron chi connectivity index (χ3n) is 5.66. The summed E-state index contributed by atoms with van der Waals surface area (Å²) in [6, 6.07) is 8.98. The van der Waals surface area contributed by atoms with Crippen molar-refractivity contribution in [3.8, 4) is 0 Å². The van der Waals surface area contributed by atoms with Crippen LogP contribution in [-0.4, -0.2) is 13.2 Å². The van der Waals surface area contributed by atoms with Crippen LogP contribution in [0.3, 0.4) is 0 Å². The molecular formula is C24H40O. The third kappa shape index (κ3) is 6.77. The van der Waals surface area contributed by atoms with Gasteiger partial charge in [0.1, 0.15) is 0 Å². The molecule has 1 heterocycles. The van der Waals surface area contributed by atoms with Crippen LogP contribution in [-0.2, 0) is 11.2 Å². The van der Waals surface area contributed by atoms with E-state index in [1.807, 2.05) is 0 Å². The van der Waals surface area contributed by atoms with Gasteiger partial charge in [-0.1, -0.05) is 65.8 Å². The van der Waals surface area contributed by atoms with Gasteiger partial charge in [-0.2, -0.15) is 0 Å². The minimum absolute atomic E-state index is 0.413. The summed E-state index contributed by atoms with van der Waals surface area (Å²) >= 11 is 0. The SMILES string of the molecule is CC(C)(C)C1CCCc2ccccc21.CC(C)(C)CC1CCOCC1. The number of ether oxygens (including phenoxy) is 1. The smallest absolute Gasteiger partial charge is 0.0468 e. The highest BCUT2D eigenvalue weighted by Gasteiger charge is 2.29. The standard InChI is InChI=1S/C14H20.C10H20O/c1-14(2,3)13-10-6-8-11-7-4-5-9-12(11)13;1-10(2,3)8-9-4-6-11-7-5-9/h4-5,7,9,13H,6,8,10H2,1-3H3;9H,4-8H2,1-3H3. The second-order valence-corrected chi connectivity index (χ2v) is 10.3. The highest BCUT2D eigenvalue weighted by molar-refractivity contribution is 5.33. The fraction of sp³-hybridized carbons (Fsp3) is 0.750. The van der Waals surface area contributed by atoms with Gasteiger partial charge in [-0.05, 0) is 72.3 Å². The van der Waals surface area contributed by atoms with E-state index in [2.05, 4.69) is 65.8 Å². The van der Waals surface area contributed by atoms with Crippen molar-refractivity contribution in [3.05, 3.63) is 35.4 Å². The molecule has 1 aromatic rings. The molecule has 0 N–H and O–H groups in total. The second kappa shape index (κ2) is 8.71. The Morgan fingerprint density at radius 1 is 0.920 bits per heavy atom. The molecule has 1 nitrogen and oxygen atoms in total. The van der Waals surface area contributed by atoms with E-state index >= 15 is 0 Å². The van der Waals surface area contributed by atoms with Crippen molar-refractivity contribution in [2.24, 2.45) is 16.7 Å². The van der Waals surface area contributed by atoms with Gasteiger partial charge in [-0.15, -0.1) is 0 Å². The molecule has 1 aliphatic carbocycles. The van der Waals surface area contributed by atoms with E-state index in [1.165, 1.54) is 38.5 Å². The van der Waals surface area contributed by atoms with E-state index in [1.54, 1.807) is 11.1 Å². The van der Waals surface area contributed by atoms with Crippen molar-refractivity contribution in [1.29, 1.82) is 0 Å². The number of aryl methyl sites for hydroxylation is 1. The highest BCUT2D eigenvalue weighted by Crippen LogP contribution is 2.43. The van der Waals surface area contributed by atoms with Crippen LogP contribution in [0.1, 0.15) is 90.7 Å². The van der Waals surface area contributed by atoms with Gasteiger partial charge in [-0.3, -0.25) is 0 Å². The quantitative estimate of drug-likeness (QED) is 0.533. The first kappa shape index (κ1) is 20.5. The summed E-state index contributed by atoms with van der Waals surface area (Å²) in [5.74, 6) is 1.68. The number of hydrogen-bond acceptors (Lipinski definition) is 1. The van der Waals surface area contributed by atoms with Crippen LogP contribution in [0.2, 0.25) is 0 Å². The number of hydrogen-bond donors (Lipinski definition) is 0. The zero-order valence-electron chi connectivity index (χ0n) is 17.5. The minimum Gasteiger partial charge on any atom is -0.381 e. The van der Waals surface area contributed by atoms with Crippen LogP contribution >= 0.6 is 0 Å². The Balaban J connectivity index is 0.000000186. The first-order valence-corrected chi connectivity index (χ1v) is 10.3. The first-order chi connectivity index (χ1) is 11.7. The lowest BCUT2D eigenvalue weighted by atomic mass is 9.69. The van der Waals surface area contributed by atoms with Gasteiger partial charge in [0, 0.05) is 13.2 Å². The molecule has 1 atom stereocenters. The molecule has 0 amide bonds. The summed E-state index contributed by atoms with van der Waals surface area (Å²) in [7, 11) is 0. The van der Waals surface area contributed by atoms with Gasteiger partial charge in [0.2, 0.25) is 0 Å². The summed E-state index contributed by atoms with van der Waals surface area (Å²) in [5, 5.41) is 0. The van der Waals surface area contributed by atoms with Gasteiger partial charge >= 0.3 is 0 Å². The Kier molecular flexibility index (Phi) is 7.14. The molecule has 2 aliphatic rings. The molecule has 1 saturated heterocycles. The van der Waals surface area contributed by atoms with E-state index in [4.69, 9.17) is 4.74 Å². The fourth-order valence-electron chi connectivity index (χ4n) is 4.47. The van der Waals surface area contributed by atoms with Crippen molar-refractivity contribution in [3.63, 3.8) is 0 Å². The monoisotopic (exact) mass is 344 g/mol. The lowest BCUT2D eigenvalue weighted by molar-refractivity contribution is 0.0532. The largest absolute Gasteiger partial charge is 0.381 e. The Hall–Kier alpha value is -0.820. The van der Waals surface area contributed by atoms with Crippen molar-refractivity contribution >= 4 is 0 Å². The van der Waals surface area contributed by atoms with E-state index < -0.39 is 0 Å². The fourth-order valence-corrected chi connectivity index (χ4v) is 4.47. The lowest BCUT2D eigenvalue weighted by Crippen LogP contribution is -2.22. The van der Waals surface area contributed by atoms with Gasteiger partial charge in [0.25, 0.3) is 0 Å². The summed E-state index contributed by atoms with van der Waals surface area (Å²) in [4.78, 5) is 0. The summed E-state index contributed by atoms with van der Waals surface area (Å²) in [6.07, 6.45) is 7.91.